The van der Waals surface area contributed by atoms with Gasteiger partial charge in [-0.2, -0.15) is 0 Å². The summed E-state index contributed by atoms with van der Waals surface area (Å²) in [6.45, 7) is 0. The minimum Gasteiger partial charge on any atom is -0.497 e. The predicted octanol–water partition coefficient (Wildman–Crippen LogP) is 5.81. The number of nitrogens with zero attached hydrogens (tertiary/aromatic N) is 2. The van der Waals surface area contributed by atoms with Crippen molar-refractivity contribution in [1.29, 1.82) is 0 Å². The molecule has 2 aromatic rings. The molecule has 4 rings (SSSR count). The van der Waals surface area contributed by atoms with Gasteiger partial charge in [0.1, 0.15) is 21.6 Å². The first-order valence-corrected chi connectivity index (χ1v) is 10.8. The van der Waals surface area contributed by atoms with E-state index in [0.29, 0.717) is 0 Å². The second-order valence-corrected chi connectivity index (χ2v) is 9.27. The zero-order chi connectivity index (χ0) is 17.9. The van der Waals surface area contributed by atoms with Gasteiger partial charge in [0.15, 0.2) is 0 Å². The highest BCUT2D eigenvalue weighted by Crippen LogP contribution is 2.52. The van der Waals surface area contributed by atoms with Crippen LogP contribution >= 0.6 is 47.4 Å². The van der Waals surface area contributed by atoms with Gasteiger partial charge in [-0.05, 0) is 48.5 Å². The molecule has 0 N–H and O–H groups in total. The SMILES string of the molecule is COc1ccc(C2=NS/C(=C3\SN=C(c4ccc(OC)cc4)S3)S2)cc1. The predicted molar refractivity (Wildman–Crippen MR) is 116 cm³/mol. The van der Waals surface area contributed by atoms with Gasteiger partial charge in [-0.3, -0.25) is 0 Å². The zero-order valence-corrected chi connectivity index (χ0v) is 17.2. The summed E-state index contributed by atoms with van der Waals surface area (Å²) in [4.78, 5) is 0. The molecule has 0 amide bonds. The summed E-state index contributed by atoms with van der Waals surface area (Å²) in [5.74, 6) is 1.70. The second-order valence-electron chi connectivity index (χ2n) is 5.21. The molecular formula is C18H14N2O2S4. The van der Waals surface area contributed by atoms with E-state index in [2.05, 4.69) is 8.80 Å². The van der Waals surface area contributed by atoms with Crippen LogP contribution in [0, 0.1) is 0 Å². The van der Waals surface area contributed by atoms with E-state index in [1.165, 1.54) is 32.4 Å². The summed E-state index contributed by atoms with van der Waals surface area (Å²) in [7, 11) is 3.34. The first-order chi connectivity index (χ1) is 12.8. The number of rotatable bonds is 4. The van der Waals surface area contributed by atoms with Gasteiger partial charge in [-0.25, -0.2) is 8.80 Å². The maximum absolute atomic E-state index is 5.21. The molecule has 2 aliphatic heterocycles. The Balaban J connectivity index is 1.45. The first-order valence-electron chi connectivity index (χ1n) is 7.65. The highest BCUT2D eigenvalue weighted by atomic mass is 32.2. The quantitative estimate of drug-likeness (QED) is 0.584. The number of hydrogen-bond donors (Lipinski definition) is 0. The molecule has 132 valence electrons. The molecule has 0 bridgehead atoms. The summed E-state index contributed by atoms with van der Waals surface area (Å²) in [5, 5.41) is 2.03. The highest BCUT2D eigenvalue weighted by molar-refractivity contribution is 8.38. The van der Waals surface area contributed by atoms with Crippen molar-refractivity contribution < 1.29 is 9.47 Å². The van der Waals surface area contributed by atoms with Gasteiger partial charge < -0.3 is 9.47 Å². The van der Waals surface area contributed by atoms with Gasteiger partial charge in [-0.1, -0.05) is 23.5 Å². The Morgan fingerprint density at radius 2 is 1.00 bits per heavy atom. The van der Waals surface area contributed by atoms with Crippen LogP contribution in [0.25, 0.3) is 0 Å². The molecular weight excluding hydrogens is 404 g/mol. The van der Waals surface area contributed by atoms with E-state index in [4.69, 9.17) is 9.47 Å². The summed E-state index contributed by atoms with van der Waals surface area (Å²) < 4.78 is 22.0. The summed E-state index contributed by atoms with van der Waals surface area (Å²) in [5.41, 5.74) is 2.20. The van der Waals surface area contributed by atoms with Crippen molar-refractivity contribution in [2.75, 3.05) is 14.2 Å². The van der Waals surface area contributed by atoms with Gasteiger partial charge in [0, 0.05) is 35.0 Å². The van der Waals surface area contributed by atoms with Gasteiger partial charge in [-0.15, -0.1) is 0 Å². The van der Waals surface area contributed by atoms with Crippen molar-refractivity contribution in [2.24, 2.45) is 8.80 Å². The maximum Gasteiger partial charge on any atom is 0.118 e. The average Bonchev–Trinajstić information content (AvgIpc) is 3.38. The van der Waals surface area contributed by atoms with Crippen molar-refractivity contribution in [3.05, 3.63) is 68.1 Å². The fourth-order valence-electron chi connectivity index (χ4n) is 2.26. The Morgan fingerprint density at radius 3 is 1.35 bits per heavy atom. The third-order valence-electron chi connectivity index (χ3n) is 3.64. The third-order valence-corrected chi connectivity index (χ3v) is 8.44. The first kappa shape index (κ1) is 17.9. The van der Waals surface area contributed by atoms with E-state index < -0.39 is 0 Å². The molecule has 0 aromatic heterocycles. The Kier molecular flexibility index (Phi) is 5.54. The van der Waals surface area contributed by atoms with E-state index in [1.54, 1.807) is 37.7 Å². The Labute approximate surface area is 169 Å². The highest BCUT2D eigenvalue weighted by Gasteiger charge is 2.25. The molecule has 2 heterocycles. The molecule has 8 heteroatoms. The second kappa shape index (κ2) is 8.04. The van der Waals surface area contributed by atoms with E-state index in [1.807, 2.05) is 48.5 Å². The molecule has 2 aliphatic rings. The molecule has 2 aromatic carbocycles. The van der Waals surface area contributed by atoms with Crippen molar-refractivity contribution in [3.63, 3.8) is 0 Å². The zero-order valence-electron chi connectivity index (χ0n) is 14.0. The molecule has 0 radical (unpaired) electrons. The van der Waals surface area contributed by atoms with Crippen LogP contribution in [0.15, 0.2) is 65.8 Å². The molecule has 0 spiro atoms. The lowest BCUT2D eigenvalue weighted by Gasteiger charge is -2.03. The topological polar surface area (TPSA) is 43.2 Å². The summed E-state index contributed by atoms with van der Waals surface area (Å²) >= 11 is 6.43. The Hall–Kier alpha value is -1.48. The van der Waals surface area contributed by atoms with Gasteiger partial charge in [0.2, 0.25) is 0 Å². The summed E-state index contributed by atoms with van der Waals surface area (Å²) in [6, 6.07) is 16.0. The van der Waals surface area contributed by atoms with Crippen LogP contribution in [0.4, 0.5) is 0 Å². The fraction of sp³-hybridized carbons (Fsp3) is 0.111. The molecule has 0 unspecified atom stereocenters. The molecule has 0 atom stereocenters. The number of thioether (sulfide) groups is 2. The van der Waals surface area contributed by atoms with Crippen LogP contribution in [-0.2, 0) is 0 Å². The summed E-state index contributed by atoms with van der Waals surface area (Å²) in [6.07, 6.45) is 0. The van der Waals surface area contributed by atoms with Crippen LogP contribution in [0.3, 0.4) is 0 Å². The van der Waals surface area contributed by atoms with Crippen molar-refractivity contribution in [2.45, 2.75) is 0 Å². The molecule has 0 aliphatic carbocycles. The monoisotopic (exact) mass is 418 g/mol. The van der Waals surface area contributed by atoms with Crippen LogP contribution in [-0.4, -0.2) is 24.3 Å². The molecule has 26 heavy (non-hydrogen) atoms. The number of hydrogen-bond acceptors (Lipinski definition) is 8. The number of benzene rings is 2. The third kappa shape index (κ3) is 3.78. The lowest BCUT2D eigenvalue weighted by Crippen LogP contribution is -1.92. The lowest BCUT2D eigenvalue weighted by atomic mass is 10.2. The molecule has 0 fully saturated rings. The maximum atomic E-state index is 5.21. The smallest absolute Gasteiger partial charge is 0.118 e. The average molecular weight is 419 g/mol. The minimum absolute atomic E-state index is 0.850. The lowest BCUT2D eigenvalue weighted by molar-refractivity contribution is 0.414. The number of ether oxygens (including phenoxy) is 2. The van der Waals surface area contributed by atoms with Crippen LogP contribution in [0.2, 0.25) is 0 Å². The molecule has 0 saturated heterocycles. The van der Waals surface area contributed by atoms with Crippen molar-refractivity contribution >= 4 is 57.5 Å². The van der Waals surface area contributed by atoms with E-state index in [-0.39, 0.29) is 0 Å². The van der Waals surface area contributed by atoms with Gasteiger partial charge in [0.25, 0.3) is 0 Å². The van der Waals surface area contributed by atoms with E-state index in [0.717, 1.165) is 32.7 Å². The van der Waals surface area contributed by atoms with E-state index >= 15 is 0 Å². The Morgan fingerprint density at radius 1 is 0.615 bits per heavy atom. The van der Waals surface area contributed by atoms with Crippen LogP contribution in [0.1, 0.15) is 11.1 Å². The van der Waals surface area contributed by atoms with E-state index in [9.17, 15) is 0 Å². The van der Waals surface area contributed by atoms with Crippen molar-refractivity contribution in [3.8, 4) is 11.5 Å². The van der Waals surface area contributed by atoms with Crippen molar-refractivity contribution in [1.82, 2.24) is 0 Å². The largest absolute Gasteiger partial charge is 0.497 e. The molecule has 4 nitrogen and oxygen atoms in total. The van der Waals surface area contributed by atoms with Crippen LogP contribution in [0.5, 0.6) is 11.5 Å². The normalized spacial score (nSPS) is 19.3. The Bertz CT molecular complexity index is 830. The van der Waals surface area contributed by atoms with Gasteiger partial charge >= 0.3 is 0 Å². The minimum atomic E-state index is 0.850. The molecule has 0 saturated carbocycles. The van der Waals surface area contributed by atoms with Crippen LogP contribution < -0.4 is 9.47 Å². The fourth-order valence-corrected chi connectivity index (χ4v) is 6.45. The van der Waals surface area contributed by atoms with Gasteiger partial charge in [0.05, 0.1) is 22.7 Å². The standard InChI is InChI=1S/C18H14N2O2S4/c1-21-13-7-3-11(4-8-13)15-19-25-17(23-15)18-24-16(20-26-18)12-5-9-14(22-2)10-6-12/h3-10H,1-2H3/b18-17-. The number of methoxy groups -OCH3 is 2.